The first kappa shape index (κ1) is 6.88. The summed E-state index contributed by atoms with van der Waals surface area (Å²) in [5.41, 5.74) is -0.0231. The minimum Gasteiger partial charge on any atom is -0.337 e. The minimum atomic E-state index is -0.0231. The van der Waals surface area contributed by atoms with Crippen molar-refractivity contribution >= 4 is 33.2 Å². The number of rotatable bonds is 0. The molecule has 2 nitrogen and oxygen atoms in total. The van der Waals surface area contributed by atoms with Gasteiger partial charge in [-0.05, 0) is 11.4 Å². The molecule has 0 aliphatic heterocycles. The topological polar surface area (TPSA) is 32.9 Å². The van der Waals surface area contributed by atoms with Crippen LogP contribution in [0.1, 0.15) is 0 Å². The van der Waals surface area contributed by atoms with Gasteiger partial charge in [0.05, 0.1) is 5.39 Å². The fraction of sp³-hybridized carbons (Fsp3) is 0. The van der Waals surface area contributed by atoms with E-state index in [2.05, 4.69) is 4.98 Å². The zero-order valence-corrected chi connectivity index (χ0v) is 7.00. The lowest BCUT2D eigenvalue weighted by molar-refractivity contribution is 1.42. The van der Waals surface area contributed by atoms with E-state index in [1.54, 1.807) is 6.07 Å². The Labute approximate surface area is 71.4 Å². The molecule has 0 aromatic carbocycles. The van der Waals surface area contributed by atoms with E-state index in [9.17, 15) is 4.79 Å². The molecule has 0 aliphatic rings. The second-order valence-electron chi connectivity index (χ2n) is 2.14. The molecule has 2 aromatic rings. The Morgan fingerprint density at radius 1 is 1.55 bits per heavy atom. The summed E-state index contributed by atoms with van der Waals surface area (Å²) in [5, 5.41) is 2.96. The molecule has 0 amide bonds. The van der Waals surface area contributed by atoms with Crippen LogP contribution in [0.2, 0.25) is 5.15 Å². The third kappa shape index (κ3) is 1.06. The number of hydrogen-bond donors (Lipinski definition) is 1. The second kappa shape index (κ2) is 2.36. The number of halogens is 1. The van der Waals surface area contributed by atoms with Gasteiger partial charge in [0.25, 0.3) is 0 Å². The van der Waals surface area contributed by atoms with Gasteiger partial charge in [0.15, 0.2) is 5.43 Å². The van der Waals surface area contributed by atoms with Crippen molar-refractivity contribution in [2.45, 2.75) is 0 Å². The molecular weight excluding hydrogens is 182 g/mol. The van der Waals surface area contributed by atoms with Crippen molar-refractivity contribution in [3.8, 4) is 0 Å². The Bertz CT molecular complexity index is 445. The van der Waals surface area contributed by atoms with Crippen molar-refractivity contribution in [2.75, 3.05) is 0 Å². The summed E-state index contributed by atoms with van der Waals surface area (Å²) in [6, 6.07) is 3.17. The standard InChI is InChI=1S/C7H4ClNOS/c8-6-3-5(10)4-1-2-11-7(4)9-6/h1-3H,(H,9,10). The maximum Gasteiger partial charge on any atom is 0.191 e. The molecule has 0 radical (unpaired) electrons. The summed E-state index contributed by atoms with van der Waals surface area (Å²) in [7, 11) is 0. The van der Waals surface area contributed by atoms with E-state index in [0.29, 0.717) is 10.5 Å². The third-order valence-electron chi connectivity index (χ3n) is 1.42. The van der Waals surface area contributed by atoms with Gasteiger partial charge in [-0.1, -0.05) is 11.6 Å². The Hall–Kier alpha value is -0.800. The maximum absolute atomic E-state index is 11.2. The van der Waals surface area contributed by atoms with Crippen LogP contribution >= 0.6 is 22.9 Å². The van der Waals surface area contributed by atoms with Crippen LogP contribution in [0.5, 0.6) is 0 Å². The van der Waals surface area contributed by atoms with Crippen LogP contribution in [0.25, 0.3) is 10.2 Å². The molecule has 2 heterocycles. The molecule has 0 saturated heterocycles. The highest BCUT2D eigenvalue weighted by Crippen LogP contribution is 2.16. The average Bonchev–Trinajstić information content (AvgIpc) is 2.34. The van der Waals surface area contributed by atoms with Crippen molar-refractivity contribution in [1.82, 2.24) is 4.98 Å². The van der Waals surface area contributed by atoms with Crippen LogP contribution in [0.15, 0.2) is 22.3 Å². The smallest absolute Gasteiger partial charge is 0.191 e. The van der Waals surface area contributed by atoms with Crippen molar-refractivity contribution in [3.05, 3.63) is 32.9 Å². The number of aromatic amines is 1. The molecule has 0 fully saturated rings. The average molecular weight is 186 g/mol. The molecule has 0 unspecified atom stereocenters. The molecule has 11 heavy (non-hydrogen) atoms. The van der Waals surface area contributed by atoms with E-state index in [0.717, 1.165) is 4.83 Å². The summed E-state index contributed by atoms with van der Waals surface area (Å²) in [4.78, 5) is 14.9. The number of fused-ring (bicyclic) bond motifs is 1. The molecule has 2 rings (SSSR count). The van der Waals surface area contributed by atoms with Gasteiger partial charge in [-0.25, -0.2) is 0 Å². The van der Waals surface area contributed by atoms with Crippen LogP contribution in [-0.2, 0) is 0 Å². The molecule has 0 saturated carbocycles. The highest BCUT2D eigenvalue weighted by atomic mass is 35.5. The van der Waals surface area contributed by atoms with Gasteiger partial charge in [0, 0.05) is 6.07 Å². The van der Waals surface area contributed by atoms with Crippen LogP contribution in [-0.4, -0.2) is 4.98 Å². The molecule has 4 heteroatoms. The van der Waals surface area contributed by atoms with Crippen molar-refractivity contribution in [2.24, 2.45) is 0 Å². The molecule has 1 N–H and O–H groups in total. The van der Waals surface area contributed by atoms with Crippen molar-refractivity contribution in [3.63, 3.8) is 0 Å². The number of nitrogens with one attached hydrogen (secondary N) is 1. The lowest BCUT2D eigenvalue weighted by Gasteiger charge is -1.89. The summed E-state index contributed by atoms with van der Waals surface area (Å²) in [5.74, 6) is 0. The van der Waals surface area contributed by atoms with Crippen LogP contribution in [0.4, 0.5) is 0 Å². The lowest BCUT2D eigenvalue weighted by atomic mass is 10.3. The van der Waals surface area contributed by atoms with Crippen LogP contribution < -0.4 is 5.43 Å². The van der Waals surface area contributed by atoms with Gasteiger partial charge in [-0.3, -0.25) is 4.79 Å². The zero-order valence-electron chi connectivity index (χ0n) is 5.43. The molecular formula is C7H4ClNOS. The SMILES string of the molecule is O=c1cc(Cl)[nH]c2sccc12. The lowest BCUT2D eigenvalue weighted by Crippen LogP contribution is -1.97. The highest BCUT2D eigenvalue weighted by Gasteiger charge is 1.99. The molecule has 0 atom stereocenters. The number of hydrogen-bond acceptors (Lipinski definition) is 2. The number of pyridine rings is 1. The first-order valence-corrected chi connectivity index (χ1v) is 4.29. The Morgan fingerprint density at radius 2 is 2.36 bits per heavy atom. The van der Waals surface area contributed by atoms with Gasteiger partial charge >= 0.3 is 0 Å². The van der Waals surface area contributed by atoms with Crippen LogP contribution in [0.3, 0.4) is 0 Å². The number of thiophene rings is 1. The fourth-order valence-electron chi connectivity index (χ4n) is 0.937. The highest BCUT2D eigenvalue weighted by molar-refractivity contribution is 7.16. The zero-order chi connectivity index (χ0) is 7.84. The Kier molecular flexibility index (Phi) is 1.47. The molecule has 0 spiro atoms. The first-order chi connectivity index (χ1) is 5.27. The number of H-pyrrole nitrogens is 1. The first-order valence-electron chi connectivity index (χ1n) is 3.03. The van der Waals surface area contributed by atoms with E-state index < -0.39 is 0 Å². The van der Waals surface area contributed by atoms with Crippen molar-refractivity contribution in [1.29, 1.82) is 0 Å². The Morgan fingerprint density at radius 3 is 3.18 bits per heavy atom. The van der Waals surface area contributed by atoms with Gasteiger partial charge in [0.1, 0.15) is 9.98 Å². The van der Waals surface area contributed by atoms with Gasteiger partial charge in [0.2, 0.25) is 0 Å². The van der Waals surface area contributed by atoms with E-state index in [1.807, 2.05) is 5.38 Å². The summed E-state index contributed by atoms with van der Waals surface area (Å²) < 4.78 is 0. The molecule has 0 bridgehead atoms. The largest absolute Gasteiger partial charge is 0.337 e. The second-order valence-corrected chi connectivity index (χ2v) is 3.47. The summed E-state index contributed by atoms with van der Waals surface area (Å²) in [6.45, 7) is 0. The summed E-state index contributed by atoms with van der Waals surface area (Å²) in [6.07, 6.45) is 0. The summed E-state index contributed by atoms with van der Waals surface area (Å²) >= 11 is 7.11. The number of aromatic nitrogens is 1. The van der Waals surface area contributed by atoms with E-state index in [-0.39, 0.29) is 5.43 Å². The monoisotopic (exact) mass is 185 g/mol. The van der Waals surface area contributed by atoms with Crippen LogP contribution in [0, 0.1) is 0 Å². The van der Waals surface area contributed by atoms with Crippen molar-refractivity contribution < 1.29 is 0 Å². The van der Waals surface area contributed by atoms with Gasteiger partial charge in [-0.15, -0.1) is 11.3 Å². The van der Waals surface area contributed by atoms with E-state index >= 15 is 0 Å². The quantitative estimate of drug-likeness (QED) is 0.628. The Balaban J connectivity index is 3.02. The van der Waals surface area contributed by atoms with Gasteiger partial charge in [-0.2, -0.15) is 0 Å². The molecule has 2 aromatic heterocycles. The minimum absolute atomic E-state index is 0.0231. The van der Waals surface area contributed by atoms with E-state index in [4.69, 9.17) is 11.6 Å². The molecule has 56 valence electrons. The van der Waals surface area contributed by atoms with Gasteiger partial charge < -0.3 is 4.98 Å². The normalized spacial score (nSPS) is 10.6. The maximum atomic E-state index is 11.2. The molecule has 0 aliphatic carbocycles. The predicted octanol–water partition coefficient (Wildman–Crippen LogP) is 2.24. The third-order valence-corrected chi connectivity index (χ3v) is 2.45. The fourth-order valence-corrected chi connectivity index (χ4v) is 1.99. The van der Waals surface area contributed by atoms with E-state index in [1.165, 1.54) is 17.4 Å². The predicted molar refractivity (Wildman–Crippen MR) is 47.5 cm³/mol.